The van der Waals surface area contributed by atoms with Gasteiger partial charge in [0.1, 0.15) is 4.90 Å². The molecule has 216 valence electrons. The number of hydrogen-bond donors (Lipinski definition) is 1. The summed E-state index contributed by atoms with van der Waals surface area (Å²) in [4.78, 5) is 40.3. The van der Waals surface area contributed by atoms with Crippen LogP contribution in [0, 0.1) is 6.92 Å². The van der Waals surface area contributed by atoms with Crippen molar-refractivity contribution in [1.29, 1.82) is 0 Å². The molecule has 0 atom stereocenters. The van der Waals surface area contributed by atoms with E-state index in [1.807, 2.05) is 11.8 Å². The number of allylic oxidation sites excluding steroid dienone is 4. The van der Waals surface area contributed by atoms with Gasteiger partial charge < -0.3 is 18.9 Å². The number of ether oxygens (including phenoxy) is 1. The molecule has 0 fully saturated rings. The molecule has 3 aliphatic rings. The highest BCUT2D eigenvalue weighted by molar-refractivity contribution is 7.87. The predicted octanol–water partition coefficient (Wildman–Crippen LogP) is 5.05. The van der Waals surface area contributed by atoms with Crippen molar-refractivity contribution < 1.29 is 36.8 Å². The van der Waals surface area contributed by atoms with Crippen LogP contribution in [0.1, 0.15) is 68.9 Å². The lowest BCUT2D eigenvalue weighted by atomic mass is 9.71. The van der Waals surface area contributed by atoms with E-state index in [1.54, 1.807) is 31.2 Å². The fourth-order valence-electron chi connectivity index (χ4n) is 5.94. The Kier molecular flexibility index (Phi) is 8.04. The Balaban J connectivity index is 1.61. The Morgan fingerprint density at radius 3 is 2.10 bits per heavy atom. The fraction of sp³-hybridized carbons (Fsp3) is 0.387. The third kappa shape index (κ3) is 5.66. The summed E-state index contributed by atoms with van der Waals surface area (Å²) in [5.41, 5.74) is 4.12. The molecule has 0 saturated carbocycles. The molecule has 1 N–H and O–H groups in total. The molecule has 2 aromatic rings. The Bertz CT molecular complexity index is 1530. The summed E-state index contributed by atoms with van der Waals surface area (Å²) in [7, 11) is -4.15. The third-order valence-electron chi connectivity index (χ3n) is 7.75. The monoisotopic (exact) mass is 579 g/mol. The van der Waals surface area contributed by atoms with E-state index in [0.29, 0.717) is 55.2 Å². The normalized spacial score (nSPS) is 17.9. The number of ketones is 2. The van der Waals surface area contributed by atoms with Crippen molar-refractivity contribution in [2.75, 3.05) is 13.2 Å². The Morgan fingerprint density at radius 1 is 0.927 bits per heavy atom. The summed E-state index contributed by atoms with van der Waals surface area (Å²) < 4.78 is 37.4. The zero-order valence-corrected chi connectivity index (χ0v) is 24.0. The molecule has 5 rings (SSSR count). The average molecular weight is 580 g/mol. The SMILES string of the molecule is CCOc1cc(C2C3=C(CCCC3=O)N(CCC(=O)O)C3=C2C(=O)CCC3)ccc1OS(=O)(=O)c1ccc(C)cc1. The van der Waals surface area contributed by atoms with Gasteiger partial charge in [-0.05, 0) is 69.4 Å². The van der Waals surface area contributed by atoms with Gasteiger partial charge in [-0.1, -0.05) is 23.8 Å². The number of carboxylic acids is 1. The van der Waals surface area contributed by atoms with Gasteiger partial charge in [-0.25, -0.2) is 0 Å². The number of carbonyl (C=O) groups excluding carboxylic acids is 2. The predicted molar refractivity (Wildman–Crippen MR) is 150 cm³/mol. The second-order valence-electron chi connectivity index (χ2n) is 10.5. The largest absolute Gasteiger partial charge is 0.490 e. The van der Waals surface area contributed by atoms with Crippen molar-refractivity contribution in [3.8, 4) is 11.5 Å². The van der Waals surface area contributed by atoms with Crippen LogP contribution in [-0.4, -0.2) is 49.1 Å². The van der Waals surface area contributed by atoms with E-state index in [1.165, 1.54) is 18.2 Å². The summed E-state index contributed by atoms with van der Waals surface area (Å²) in [5, 5.41) is 9.38. The van der Waals surface area contributed by atoms with Gasteiger partial charge >= 0.3 is 16.1 Å². The molecule has 9 nitrogen and oxygen atoms in total. The average Bonchev–Trinajstić information content (AvgIpc) is 2.93. The van der Waals surface area contributed by atoms with Gasteiger partial charge in [0.2, 0.25) is 0 Å². The van der Waals surface area contributed by atoms with Crippen LogP contribution in [0.15, 0.2) is 69.9 Å². The Morgan fingerprint density at radius 2 is 1.54 bits per heavy atom. The third-order valence-corrected chi connectivity index (χ3v) is 8.99. The first-order chi connectivity index (χ1) is 19.6. The first-order valence-electron chi connectivity index (χ1n) is 13.9. The highest BCUT2D eigenvalue weighted by Crippen LogP contribution is 2.50. The van der Waals surface area contributed by atoms with Gasteiger partial charge in [0, 0.05) is 47.8 Å². The maximum atomic E-state index is 13.5. The Labute approximate surface area is 239 Å². The lowest BCUT2D eigenvalue weighted by molar-refractivity contribution is -0.137. The molecular weight excluding hydrogens is 546 g/mol. The van der Waals surface area contributed by atoms with Gasteiger partial charge in [0.05, 0.1) is 13.0 Å². The zero-order valence-electron chi connectivity index (χ0n) is 23.1. The molecule has 41 heavy (non-hydrogen) atoms. The highest BCUT2D eigenvalue weighted by Gasteiger charge is 2.43. The van der Waals surface area contributed by atoms with E-state index < -0.39 is 22.0 Å². The van der Waals surface area contributed by atoms with Crippen molar-refractivity contribution in [1.82, 2.24) is 4.90 Å². The minimum Gasteiger partial charge on any atom is -0.490 e. The summed E-state index contributed by atoms with van der Waals surface area (Å²) in [6.45, 7) is 4.05. The smallest absolute Gasteiger partial charge is 0.339 e. The van der Waals surface area contributed by atoms with Gasteiger partial charge in [-0.3, -0.25) is 14.4 Å². The number of benzene rings is 2. The van der Waals surface area contributed by atoms with E-state index in [4.69, 9.17) is 8.92 Å². The minimum atomic E-state index is -4.15. The summed E-state index contributed by atoms with van der Waals surface area (Å²) in [5.74, 6) is -1.54. The minimum absolute atomic E-state index is 0.00316. The number of carboxylic acid groups (broad SMARTS) is 1. The maximum Gasteiger partial charge on any atom is 0.339 e. The van der Waals surface area contributed by atoms with Gasteiger partial charge in [0.15, 0.2) is 23.1 Å². The number of Topliss-reactive ketones (excluding diaryl/α,β-unsaturated/α-hetero) is 2. The van der Waals surface area contributed by atoms with Crippen molar-refractivity contribution in [3.05, 3.63) is 76.1 Å². The lowest BCUT2D eigenvalue weighted by Crippen LogP contribution is -2.39. The van der Waals surface area contributed by atoms with Crippen molar-refractivity contribution in [2.24, 2.45) is 0 Å². The molecule has 1 aliphatic heterocycles. The molecule has 2 aromatic carbocycles. The molecule has 0 amide bonds. The van der Waals surface area contributed by atoms with E-state index in [0.717, 1.165) is 17.0 Å². The summed E-state index contributed by atoms with van der Waals surface area (Å²) in [6.07, 6.45) is 3.08. The van der Waals surface area contributed by atoms with Crippen LogP contribution in [0.2, 0.25) is 0 Å². The maximum absolute atomic E-state index is 13.5. The number of aryl methyl sites for hydroxylation is 1. The molecule has 0 saturated heterocycles. The first-order valence-corrected chi connectivity index (χ1v) is 15.3. The second-order valence-corrected chi connectivity index (χ2v) is 12.0. The van der Waals surface area contributed by atoms with Crippen molar-refractivity contribution in [3.63, 3.8) is 0 Å². The zero-order chi connectivity index (χ0) is 29.3. The number of hydrogen-bond acceptors (Lipinski definition) is 8. The van der Waals surface area contributed by atoms with E-state index in [9.17, 15) is 27.9 Å². The molecule has 10 heteroatoms. The van der Waals surface area contributed by atoms with E-state index >= 15 is 0 Å². The van der Waals surface area contributed by atoms with Crippen molar-refractivity contribution in [2.45, 2.75) is 69.6 Å². The number of carbonyl (C=O) groups is 3. The van der Waals surface area contributed by atoms with E-state index in [-0.39, 0.29) is 47.5 Å². The molecule has 0 radical (unpaired) electrons. The molecule has 0 unspecified atom stereocenters. The molecule has 0 bridgehead atoms. The van der Waals surface area contributed by atoms with Crippen LogP contribution in [0.3, 0.4) is 0 Å². The summed E-state index contributed by atoms with van der Waals surface area (Å²) >= 11 is 0. The van der Waals surface area contributed by atoms with Crippen LogP contribution < -0.4 is 8.92 Å². The van der Waals surface area contributed by atoms with Gasteiger partial charge in [-0.15, -0.1) is 0 Å². The first kappa shape index (κ1) is 28.6. The molecular formula is C31H33NO8S. The van der Waals surface area contributed by atoms with Crippen LogP contribution in [0.5, 0.6) is 11.5 Å². The number of aliphatic carboxylic acids is 1. The Hall–Kier alpha value is -3.92. The van der Waals surface area contributed by atoms with Crippen molar-refractivity contribution >= 4 is 27.7 Å². The molecule has 0 aromatic heterocycles. The molecule has 2 aliphatic carbocycles. The molecule has 1 heterocycles. The van der Waals surface area contributed by atoms with E-state index in [2.05, 4.69) is 0 Å². The van der Waals surface area contributed by atoms with Gasteiger partial charge in [-0.2, -0.15) is 8.42 Å². The molecule has 0 spiro atoms. The number of rotatable bonds is 9. The fourth-order valence-corrected chi connectivity index (χ4v) is 6.88. The topological polar surface area (TPSA) is 127 Å². The summed E-state index contributed by atoms with van der Waals surface area (Å²) in [6, 6.07) is 11.2. The quantitative estimate of drug-likeness (QED) is 0.406. The van der Waals surface area contributed by atoms with Crippen LogP contribution in [0.25, 0.3) is 0 Å². The standard InChI is InChI=1S/C31H33NO8S/c1-3-39-27-18-20(12-15-26(27)40-41(37,38)21-13-10-19(2)11-14-21)29-30-22(6-4-8-24(30)33)32(17-16-28(35)36)23-7-5-9-25(34)31(23)29/h10-15,18,29H,3-9,16-17H2,1-2H3,(H,35,36). The highest BCUT2D eigenvalue weighted by atomic mass is 32.2. The lowest BCUT2D eigenvalue weighted by Gasteiger charge is -2.44. The van der Waals surface area contributed by atoms with Crippen LogP contribution in [-0.2, 0) is 24.5 Å². The number of nitrogens with zero attached hydrogens (tertiary/aromatic N) is 1. The second kappa shape index (κ2) is 11.5. The van der Waals surface area contributed by atoms with Crippen LogP contribution in [0.4, 0.5) is 0 Å². The van der Waals surface area contributed by atoms with Gasteiger partial charge in [0.25, 0.3) is 0 Å². The van der Waals surface area contributed by atoms with Crippen LogP contribution >= 0.6 is 0 Å².